The summed E-state index contributed by atoms with van der Waals surface area (Å²) in [5, 5.41) is 4.23. The molecule has 1 atom stereocenters. The van der Waals surface area contributed by atoms with Gasteiger partial charge in [0.15, 0.2) is 4.87 Å². The molecule has 5 heteroatoms. The molecule has 0 N–H and O–H groups in total. The highest BCUT2D eigenvalue weighted by Crippen LogP contribution is 2.54. The van der Waals surface area contributed by atoms with Crippen LogP contribution in [0.15, 0.2) is 72.1 Å². The van der Waals surface area contributed by atoms with Gasteiger partial charge in [0, 0.05) is 27.9 Å². The topological polar surface area (TPSA) is 37.4 Å². The number of Topliss-reactive ketones (excluding diaryl/α,β-unsaturated/α-hetero) is 1. The highest BCUT2D eigenvalue weighted by Gasteiger charge is 2.55. The average Bonchev–Trinajstić information content (AvgIpc) is 2.89. The Morgan fingerprint density at radius 1 is 0.923 bits per heavy atom. The summed E-state index contributed by atoms with van der Waals surface area (Å²) in [5.41, 5.74) is 2.16. The van der Waals surface area contributed by atoms with Crippen molar-refractivity contribution in [3.05, 3.63) is 88.3 Å². The van der Waals surface area contributed by atoms with E-state index in [4.69, 9.17) is 11.6 Å². The molecule has 1 unspecified atom stereocenters. The predicted octanol–water partition coefficient (Wildman–Crippen LogP) is 5.14. The van der Waals surface area contributed by atoms with Crippen molar-refractivity contribution >= 4 is 51.5 Å². The van der Waals surface area contributed by atoms with Gasteiger partial charge in [-0.05, 0) is 40.4 Å². The molecule has 0 saturated heterocycles. The van der Waals surface area contributed by atoms with Gasteiger partial charge in [0.05, 0.1) is 0 Å². The van der Waals surface area contributed by atoms with E-state index in [9.17, 15) is 9.59 Å². The van der Waals surface area contributed by atoms with Crippen molar-refractivity contribution in [2.45, 2.75) is 4.87 Å². The Morgan fingerprint density at radius 2 is 1.65 bits per heavy atom. The van der Waals surface area contributed by atoms with Crippen LogP contribution in [0.5, 0.6) is 0 Å². The second-order valence-electron chi connectivity index (χ2n) is 6.25. The number of rotatable bonds is 1. The van der Waals surface area contributed by atoms with Crippen LogP contribution in [0, 0.1) is 0 Å². The van der Waals surface area contributed by atoms with Crippen molar-refractivity contribution in [1.82, 2.24) is 0 Å². The van der Waals surface area contributed by atoms with E-state index in [1.54, 1.807) is 34.6 Å². The largest absolute Gasteiger partial charge is 0.290 e. The van der Waals surface area contributed by atoms with Crippen molar-refractivity contribution in [3.63, 3.8) is 0 Å². The minimum Gasteiger partial charge on any atom is -0.290 e. The number of fused-ring (bicyclic) bond motifs is 1. The number of thioether (sulfide) groups is 1. The molecule has 3 nitrogen and oxygen atoms in total. The summed E-state index contributed by atoms with van der Waals surface area (Å²) in [6, 6.07) is 18.6. The molecule has 1 aliphatic heterocycles. The number of hydrogen-bond acceptors (Lipinski definition) is 3. The lowest BCUT2D eigenvalue weighted by Gasteiger charge is -2.41. The molecule has 1 spiro atoms. The molecule has 0 saturated carbocycles. The first-order valence-electron chi connectivity index (χ1n) is 8.14. The smallest absolute Gasteiger partial charge is 0.253 e. The SMILES string of the molecule is O=C1C=CSC2(C(=O)c3cccc4cccc2c34)N1c1ccc(Cl)cc1. The van der Waals surface area contributed by atoms with Gasteiger partial charge in [-0.2, -0.15) is 0 Å². The number of carbonyl (C=O) groups excluding carboxylic acids is 2. The Bertz CT molecular complexity index is 1120. The van der Waals surface area contributed by atoms with E-state index in [0.29, 0.717) is 16.3 Å². The van der Waals surface area contributed by atoms with Crippen LogP contribution in [-0.4, -0.2) is 11.7 Å². The highest BCUT2D eigenvalue weighted by atomic mass is 35.5. The second kappa shape index (κ2) is 5.47. The minimum absolute atomic E-state index is 0.0676. The summed E-state index contributed by atoms with van der Waals surface area (Å²) in [6.07, 6.45) is 1.50. The zero-order valence-electron chi connectivity index (χ0n) is 13.5. The van der Waals surface area contributed by atoms with Crippen LogP contribution >= 0.6 is 23.4 Å². The van der Waals surface area contributed by atoms with Gasteiger partial charge >= 0.3 is 0 Å². The molecule has 0 fully saturated rings. The fourth-order valence-corrected chi connectivity index (χ4v) is 5.15. The molecule has 1 heterocycles. The predicted molar refractivity (Wildman–Crippen MR) is 106 cm³/mol. The Hall–Kier alpha value is -2.56. The first-order chi connectivity index (χ1) is 12.6. The van der Waals surface area contributed by atoms with Gasteiger partial charge in [0.25, 0.3) is 5.91 Å². The number of amides is 1. The third kappa shape index (κ3) is 1.91. The molecule has 3 aromatic carbocycles. The molecular weight excluding hydrogens is 366 g/mol. The average molecular weight is 378 g/mol. The summed E-state index contributed by atoms with van der Waals surface area (Å²) >= 11 is 7.38. The van der Waals surface area contributed by atoms with Crippen LogP contribution in [0.1, 0.15) is 15.9 Å². The van der Waals surface area contributed by atoms with E-state index >= 15 is 0 Å². The molecule has 26 heavy (non-hydrogen) atoms. The maximum absolute atomic E-state index is 13.6. The Kier molecular flexibility index (Phi) is 3.30. The molecule has 2 aliphatic rings. The second-order valence-corrected chi connectivity index (χ2v) is 7.79. The number of halogens is 1. The van der Waals surface area contributed by atoms with E-state index < -0.39 is 4.87 Å². The van der Waals surface area contributed by atoms with Gasteiger partial charge in [-0.3, -0.25) is 14.5 Å². The Labute approximate surface area is 159 Å². The van der Waals surface area contributed by atoms with Crippen molar-refractivity contribution in [2.75, 3.05) is 4.90 Å². The lowest BCUT2D eigenvalue weighted by molar-refractivity contribution is -0.114. The number of benzene rings is 3. The molecule has 3 aromatic rings. The maximum atomic E-state index is 13.6. The monoisotopic (exact) mass is 377 g/mol. The summed E-state index contributed by atoms with van der Waals surface area (Å²) in [4.78, 5) is 26.9. The summed E-state index contributed by atoms with van der Waals surface area (Å²) < 4.78 is 0. The van der Waals surface area contributed by atoms with Crippen molar-refractivity contribution in [3.8, 4) is 0 Å². The molecule has 1 amide bonds. The third-order valence-electron chi connectivity index (χ3n) is 4.89. The quantitative estimate of drug-likeness (QED) is 0.589. The maximum Gasteiger partial charge on any atom is 0.253 e. The van der Waals surface area contributed by atoms with Crippen LogP contribution < -0.4 is 4.90 Å². The lowest BCUT2D eigenvalue weighted by Crippen LogP contribution is -2.51. The zero-order valence-corrected chi connectivity index (χ0v) is 15.1. The number of nitrogens with zero attached hydrogens (tertiary/aromatic N) is 1. The van der Waals surface area contributed by atoms with Crippen LogP contribution in [0.3, 0.4) is 0 Å². The fourth-order valence-electron chi connectivity index (χ4n) is 3.83. The van der Waals surface area contributed by atoms with Crippen molar-refractivity contribution < 1.29 is 9.59 Å². The lowest BCUT2D eigenvalue weighted by atomic mass is 10.0. The van der Waals surface area contributed by atoms with Crippen molar-refractivity contribution in [2.24, 2.45) is 0 Å². The standard InChI is InChI=1S/C21H12ClNO2S/c22-14-7-9-15(10-8-14)23-18(24)11-12-26-21(23)17-6-2-4-13-3-1-5-16(19(13)17)20(21)25/h1-12H. The first kappa shape index (κ1) is 15.7. The highest BCUT2D eigenvalue weighted by molar-refractivity contribution is 8.04. The summed E-state index contributed by atoms with van der Waals surface area (Å²) in [7, 11) is 0. The van der Waals surface area contributed by atoms with Crippen LogP contribution in [0.4, 0.5) is 5.69 Å². The summed E-state index contributed by atoms with van der Waals surface area (Å²) in [5.74, 6) is -0.286. The Balaban J connectivity index is 1.83. The fraction of sp³-hybridized carbons (Fsp3) is 0.0476. The Morgan fingerprint density at radius 3 is 2.42 bits per heavy atom. The molecule has 0 radical (unpaired) electrons. The molecule has 0 bridgehead atoms. The van der Waals surface area contributed by atoms with Crippen LogP contribution in [-0.2, 0) is 9.67 Å². The third-order valence-corrected chi connectivity index (χ3v) is 6.34. The van der Waals surface area contributed by atoms with E-state index in [1.165, 1.54) is 17.8 Å². The molecule has 5 rings (SSSR count). The van der Waals surface area contributed by atoms with Crippen molar-refractivity contribution in [1.29, 1.82) is 0 Å². The first-order valence-corrected chi connectivity index (χ1v) is 9.40. The number of hydrogen-bond donors (Lipinski definition) is 0. The van der Waals surface area contributed by atoms with Gasteiger partial charge in [-0.25, -0.2) is 0 Å². The minimum atomic E-state index is -1.12. The van der Waals surface area contributed by atoms with Gasteiger partial charge in [0.2, 0.25) is 5.78 Å². The molecule has 0 aromatic heterocycles. The van der Waals surface area contributed by atoms with Gasteiger partial charge in [0.1, 0.15) is 0 Å². The van der Waals surface area contributed by atoms with Crippen LogP contribution in [0.2, 0.25) is 5.02 Å². The van der Waals surface area contributed by atoms with Gasteiger partial charge in [-0.1, -0.05) is 59.8 Å². The molecule has 126 valence electrons. The van der Waals surface area contributed by atoms with Crippen LogP contribution in [0.25, 0.3) is 10.8 Å². The normalized spacial score (nSPS) is 21.2. The number of ketones is 1. The molecule has 1 aliphatic carbocycles. The number of anilines is 1. The summed E-state index contributed by atoms with van der Waals surface area (Å²) in [6.45, 7) is 0. The van der Waals surface area contributed by atoms with E-state index in [2.05, 4.69) is 0 Å². The van der Waals surface area contributed by atoms with Gasteiger partial charge in [-0.15, -0.1) is 0 Å². The molecular formula is C21H12ClNO2S. The zero-order chi connectivity index (χ0) is 17.9. The van der Waals surface area contributed by atoms with E-state index in [1.807, 2.05) is 36.4 Å². The van der Waals surface area contributed by atoms with E-state index in [-0.39, 0.29) is 11.7 Å². The number of carbonyl (C=O) groups is 2. The van der Waals surface area contributed by atoms with Gasteiger partial charge < -0.3 is 0 Å². The van der Waals surface area contributed by atoms with E-state index in [0.717, 1.165) is 16.3 Å².